The van der Waals surface area contributed by atoms with Gasteiger partial charge in [0.15, 0.2) is 0 Å². The predicted octanol–water partition coefficient (Wildman–Crippen LogP) is 2.46. The Balaban J connectivity index is 2.15. The normalized spacial score (nSPS) is 25.3. The van der Waals surface area contributed by atoms with Gasteiger partial charge >= 0.3 is 5.97 Å². The van der Waals surface area contributed by atoms with Crippen molar-refractivity contribution in [1.82, 2.24) is 0 Å². The molecule has 2 nitrogen and oxygen atoms in total. The lowest BCUT2D eigenvalue weighted by Gasteiger charge is -2.22. The first-order valence-electron chi connectivity index (χ1n) is 5.04. The van der Waals surface area contributed by atoms with Crippen molar-refractivity contribution in [2.24, 2.45) is 0 Å². The van der Waals surface area contributed by atoms with Gasteiger partial charge in [0.1, 0.15) is 11.4 Å². The van der Waals surface area contributed by atoms with Crippen molar-refractivity contribution in [3.63, 3.8) is 0 Å². The molecule has 15 heavy (non-hydrogen) atoms. The average molecular weight is 208 g/mol. The van der Waals surface area contributed by atoms with Crippen LogP contribution in [0.4, 0.5) is 4.39 Å². The zero-order valence-electron chi connectivity index (χ0n) is 8.63. The Morgan fingerprint density at radius 1 is 1.47 bits per heavy atom. The summed E-state index contributed by atoms with van der Waals surface area (Å²) in [5.41, 5.74) is 0.0777. The number of hydrogen-bond donors (Lipinski definition) is 0. The van der Waals surface area contributed by atoms with Gasteiger partial charge in [0, 0.05) is 12.8 Å². The van der Waals surface area contributed by atoms with E-state index in [-0.39, 0.29) is 11.8 Å². The Hall–Kier alpha value is -1.38. The molecule has 80 valence electrons. The number of esters is 1. The predicted molar refractivity (Wildman–Crippen MR) is 53.8 cm³/mol. The first-order chi connectivity index (χ1) is 7.09. The van der Waals surface area contributed by atoms with E-state index in [9.17, 15) is 9.18 Å². The summed E-state index contributed by atoms with van der Waals surface area (Å²) in [5, 5.41) is 0. The van der Waals surface area contributed by atoms with Gasteiger partial charge in [-0.3, -0.25) is 4.79 Å². The number of carbonyl (C=O) groups excluding carboxylic acids is 1. The molecule has 1 aliphatic rings. The minimum absolute atomic E-state index is 0.186. The summed E-state index contributed by atoms with van der Waals surface area (Å²) in [4.78, 5) is 11.0. The molecule has 1 aromatic carbocycles. The maximum Gasteiger partial charge on any atom is 0.306 e. The van der Waals surface area contributed by atoms with Gasteiger partial charge in [0.2, 0.25) is 0 Å². The lowest BCUT2D eigenvalue weighted by molar-refractivity contribution is -0.147. The molecule has 1 fully saturated rings. The van der Waals surface area contributed by atoms with Crippen molar-refractivity contribution >= 4 is 5.97 Å². The third-order valence-corrected chi connectivity index (χ3v) is 2.74. The zero-order valence-corrected chi connectivity index (χ0v) is 8.63. The van der Waals surface area contributed by atoms with Crippen LogP contribution in [-0.4, -0.2) is 11.6 Å². The molecule has 0 bridgehead atoms. The number of benzene rings is 1. The molecule has 2 rings (SSSR count). The summed E-state index contributed by atoms with van der Waals surface area (Å²) in [6, 6.07) is 6.60. The maximum atomic E-state index is 13.4. The molecular weight excluding hydrogens is 195 g/mol. The van der Waals surface area contributed by atoms with Crippen LogP contribution in [0.25, 0.3) is 0 Å². The summed E-state index contributed by atoms with van der Waals surface area (Å²) < 4.78 is 18.6. The van der Waals surface area contributed by atoms with Crippen molar-refractivity contribution in [3.8, 4) is 0 Å². The molecule has 0 amide bonds. The molecule has 0 aromatic heterocycles. The number of ether oxygens (including phenoxy) is 1. The van der Waals surface area contributed by atoms with Crippen molar-refractivity contribution in [3.05, 3.63) is 35.6 Å². The molecule has 0 radical (unpaired) electrons. The number of rotatable bonds is 2. The van der Waals surface area contributed by atoms with Crippen LogP contribution < -0.4 is 0 Å². The average Bonchev–Trinajstić information content (AvgIpc) is 2.51. The van der Waals surface area contributed by atoms with E-state index in [0.29, 0.717) is 24.8 Å². The Labute approximate surface area is 88.1 Å². The van der Waals surface area contributed by atoms with Crippen molar-refractivity contribution < 1.29 is 13.9 Å². The highest BCUT2D eigenvalue weighted by Gasteiger charge is 2.36. The molecule has 1 aliphatic heterocycles. The second-order valence-electron chi connectivity index (χ2n) is 4.19. The number of hydrogen-bond acceptors (Lipinski definition) is 2. The Morgan fingerprint density at radius 2 is 2.20 bits per heavy atom. The highest BCUT2D eigenvalue weighted by Crippen LogP contribution is 2.30. The zero-order chi connectivity index (χ0) is 10.9. The van der Waals surface area contributed by atoms with Gasteiger partial charge < -0.3 is 4.74 Å². The standard InChI is InChI=1S/C12H13FO2/c1-12(7-6-11(14)15-12)8-9-4-2-3-5-10(9)13/h2-5H,6-8H2,1H3. The lowest BCUT2D eigenvalue weighted by Crippen LogP contribution is -2.27. The van der Waals surface area contributed by atoms with Crippen LogP contribution in [0.1, 0.15) is 25.3 Å². The smallest absolute Gasteiger partial charge is 0.306 e. The van der Waals surface area contributed by atoms with Gasteiger partial charge in [-0.2, -0.15) is 0 Å². The molecule has 0 saturated carbocycles. The fraction of sp³-hybridized carbons (Fsp3) is 0.417. The van der Waals surface area contributed by atoms with Crippen LogP contribution in [0.15, 0.2) is 24.3 Å². The fourth-order valence-electron chi connectivity index (χ4n) is 1.91. The Bertz CT molecular complexity index is 389. The van der Waals surface area contributed by atoms with Crippen LogP contribution in [0.2, 0.25) is 0 Å². The van der Waals surface area contributed by atoms with Crippen LogP contribution >= 0.6 is 0 Å². The summed E-state index contributed by atoms with van der Waals surface area (Å²) >= 11 is 0. The van der Waals surface area contributed by atoms with Gasteiger partial charge in [-0.05, 0) is 25.0 Å². The van der Waals surface area contributed by atoms with Crippen LogP contribution in [0.3, 0.4) is 0 Å². The number of halogens is 1. The van der Waals surface area contributed by atoms with E-state index in [4.69, 9.17) is 4.74 Å². The highest BCUT2D eigenvalue weighted by atomic mass is 19.1. The maximum absolute atomic E-state index is 13.4. The first-order valence-corrected chi connectivity index (χ1v) is 5.04. The van der Waals surface area contributed by atoms with E-state index in [1.165, 1.54) is 6.07 Å². The fourth-order valence-corrected chi connectivity index (χ4v) is 1.91. The largest absolute Gasteiger partial charge is 0.459 e. The highest BCUT2D eigenvalue weighted by molar-refractivity contribution is 5.72. The van der Waals surface area contributed by atoms with E-state index in [1.807, 2.05) is 6.92 Å². The van der Waals surface area contributed by atoms with E-state index >= 15 is 0 Å². The van der Waals surface area contributed by atoms with E-state index in [0.717, 1.165) is 0 Å². The minimum Gasteiger partial charge on any atom is -0.459 e. The van der Waals surface area contributed by atoms with Gasteiger partial charge in [-0.1, -0.05) is 18.2 Å². The quantitative estimate of drug-likeness (QED) is 0.698. The molecular formula is C12H13FO2. The second-order valence-corrected chi connectivity index (χ2v) is 4.19. The monoisotopic (exact) mass is 208 g/mol. The summed E-state index contributed by atoms with van der Waals surface area (Å²) in [6.45, 7) is 1.85. The topological polar surface area (TPSA) is 26.3 Å². The first kappa shape index (κ1) is 10.1. The molecule has 1 saturated heterocycles. The Morgan fingerprint density at radius 3 is 2.80 bits per heavy atom. The van der Waals surface area contributed by atoms with Crippen LogP contribution in [-0.2, 0) is 16.0 Å². The summed E-state index contributed by atoms with van der Waals surface area (Å²) in [7, 11) is 0. The van der Waals surface area contributed by atoms with Gasteiger partial charge in [-0.15, -0.1) is 0 Å². The van der Waals surface area contributed by atoms with Crippen LogP contribution in [0.5, 0.6) is 0 Å². The molecule has 3 heteroatoms. The second kappa shape index (κ2) is 3.65. The molecule has 0 aliphatic carbocycles. The molecule has 1 unspecified atom stereocenters. The molecule has 0 N–H and O–H groups in total. The van der Waals surface area contributed by atoms with Crippen LogP contribution in [0, 0.1) is 5.82 Å². The van der Waals surface area contributed by atoms with Gasteiger partial charge in [-0.25, -0.2) is 4.39 Å². The van der Waals surface area contributed by atoms with E-state index in [2.05, 4.69) is 0 Å². The van der Waals surface area contributed by atoms with Gasteiger partial charge in [0.25, 0.3) is 0 Å². The minimum atomic E-state index is -0.528. The summed E-state index contributed by atoms with van der Waals surface area (Å²) in [5.74, 6) is -0.421. The van der Waals surface area contributed by atoms with Gasteiger partial charge in [0.05, 0.1) is 0 Å². The van der Waals surface area contributed by atoms with E-state index in [1.54, 1.807) is 18.2 Å². The lowest BCUT2D eigenvalue weighted by atomic mass is 9.93. The van der Waals surface area contributed by atoms with Crippen molar-refractivity contribution in [2.45, 2.75) is 31.8 Å². The van der Waals surface area contributed by atoms with Crippen molar-refractivity contribution in [2.75, 3.05) is 0 Å². The molecule has 0 spiro atoms. The van der Waals surface area contributed by atoms with Crippen molar-refractivity contribution in [1.29, 1.82) is 0 Å². The number of carbonyl (C=O) groups is 1. The Kier molecular flexibility index (Phi) is 2.47. The van der Waals surface area contributed by atoms with E-state index < -0.39 is 5.60 Å². The number of cyclic esters (lactones) is 1. The molecule has 1 aromatic rings. The molecule has 1 heterocycles. The summed E-state index contributed by atoms with van der Waals surface area (Å²) in [6.07, 6.45) is 1.55. The molecule has 1 atom stereocenters. The third-order valence-electron chi connectivity index (χ3n) is 2.74. The SMILES string of the molecule is CC1(Cc2ccccc2F)CCC(=O)O1. The third kappa shape index (κ3) is 2.17.